The summed E-state index contributed by atoms with van der Waals surface area (Å²) in [6.07, 6.45) is 6.39. The molecule has 10 nitrogen and oxygen atoms in total. The summed E-state index contributed by atoms with van der Waals surface area (Å²) in [5.41, 5.74) is 13.0. The Labute approximate surface area is 302 Å². The first-order valence-electron chi connectivity index (χ1n) is 15.9. The number of rotatable bonds is 15. The van der Waals surface area contributed by atoms with E-state index in [0.29, 0.717) is 43.0 Å². The van der Waals surface area contributed by atoms with Crippen molar-refractivity contribution in [3.8, 4) is 11.1 Å². The van der Waals surface area contributed by atoms with Crippen LogP contribution in [0.5, 0.6) is 0 Å². The van der Waals surface area contributed by atoms with Crippen molar-refractivity contribution < 1.29 is 9.53 Å². The van der Waals surface area contributed by atoms with Crippen LogP contribution in [0.3, 0.4) is 0 Å². The fourth-order valence-electron chi connectivity index (χ4n) is 5.16. The van der Waals surface area contributed by atoms with E-state index < -0.39 is 5.60 Å². The van der Waals surface area contributed by atoms with E-state index in [9.17, 15) is 4.79 Å². The van der Waals surface area contributed by atoms with Crippen molar-refractivity contribution in [3.05, 3.63) is 94.8 Å². The first-order valence-corrected chi connectivity index (χ1v) is 20.3. The normalized spacial score (nSPS) is 12.0. The maximum atomic E-state index is 13.3. The van der Waals surface area contributed by atoms with E-state index in [0.717, 1.165) is 58.4 Å². The van der Waals surface area contributed by atoms with Crippen LogP contribution in [0.15, 0.2) is 83.7 Å². The second-order valence-corrected chi connectivity index (χ2v) is 14.7. The molecule has 48 heavy (non-hydrogen) atoms. The van der Waals surface area contributed by atoms with Crippen LogP contribution in [-0.2, 0) is 11.3 Å². The summed E-state index contributed by atoms with van der Waals surface area (Å²) >= 11 is 8.98. The third kappa shape index (κ3) is 10.5. The minimum absolute atomic E-state index is 0.0896. The predicted molar refractivity (Wildman–Crippen MR) is 207 cm³/mol. The van der Waals surface area contributed by atoms with Gasteiger partial charge in [0, 0.05) is 65.5 Å². The number of fused-ring (bicyclic) bond motifs is 1. The number of hydrogen-bond donors (Lipinski definition) is 4. The molecule has 254 valence electrons. The number of nitrogens with one attached hydrogen (secondary N) is 4. The van der Waals surface area contributed by atoms with Crippen molar-refractivity contribution in [2.75, 3.05) is 25.0 Å². The third-order valence-electron chi connectivity index (χ3n) is 7.42. The first-order chi connectivity index (χ1) is 23.0. The maximum Gasteiger partial charge on any atom is 0.410 e. The Morgan fingerprint density at radius 3 is 2.60 bits per heavy atom. The Kier molecular flexibility index (Phi) is 13.8. The van der Waals surface area contributed by atoms with Gasteiger partial charge in [-0.1, -0.05) is 67.1 Å². The molecule has 0 bridgehead atoms. The summed E-state index contributed by atoms with van der Waals surface area (Å²) in [6.45, 7) is 9.99. The van der Waals surface area contributed by atoms with Crippen molar-refractivity contribution in [1.29, 1.82) is 10.9 Å². The molecule has 3 aromatic carbocycles. The van der Waals surface area contributed by atoms with Crippen LogP contribution in [0.1, 0.15) is 58.1 Å². The first kappa shape index (κ1) is 37.3. The zero-order chi connectivity index (χ0) is 34.7. The number of amidine groups is 1. The minimum atomic E-state index is -0.617. The second kappa shape index (κ2) is 17.7. The van der Waals surface area contributed by atoms with Gasteiger partial charge >= 0.3 is 6.09 Å². The van der Waals surface area contributed by atoms with Crippen LogP contribution in [0.25, 0.3) is 22.0 Å². The van der Waals surface area contributed by atoms with E-state index in [1.165, 1.54) is 0 Å². The molecule has 1 heterocycles. The number of aromatic nitrogens is 2. The highest BCUT2D eigenvalue weighted by Gasteiger charge is 2.23. The molecule has 1 aromatic heterocycles. The number of ether oxygens (including phenoxy) is 1. The smallest absolute Gasteiger partial charge is 0.410 e. The molecule has 1 unspecified atom stereocenters. The van der Waals surface area contributed by atoms with Gasteiger partial charge in [-0.25, -0.2) is 14.8 Å². The Bertz CT molecular complexity index is 1760. The molecule has 0 saturated carbocycles. The van der Waals surface area contributed by atoms with Crippen LogP contribution in [0, 0.1) is 10.9 Å². The van der Waals surface area contributed by atoms with Gasteiger partial charge < -0.3 is 20.3 Å². The lowest BCUT2D eigenvalue weighted by molar-refractivity contribution is 0.0235. The Morgan fingerprint density at radius 1 is 1.17 bits per heavy atom. The standard InChI is InChI=1S/C35H43ClIN8O2P/c1-5-10-27(40-16-9-17-41-31-20-26(33(38)43-39)21-32-29(31)22-42-45(32)48-37)15-18-44(34(46)47-35(2,3)4)23-24-13-14-28(30(36)19-24)25-11-7-6-8-12-25/h6-8,10-14,19-22,38-41,48H,5,9,15-18,23H2,1-4H3/b27-10+,38-33?,43-39?. The Balaban J connectivity index is 1.38. The van der Waals surface area contributed by atoms with E-state index in [1.807, 2.05) is 92.1 Å². The molecule has 1 atom stereocenters. The number of hydrogen-bond acceptors (Lipinski definition) is 7. The molecule has 0 spiro atoms. The molecule has 0 radical (unpaired) electrons. The molecule has 4 N–H and O–H groups in total. The molecule has 13 heteroatoms. The summed E-state index contributed by atoms with van der Waals surface area (Å²) in [5.74, 6) is -0.0896. The molecule has 0 saturated heterocycles. The van der Waals surface area contributed by atoms with Crippen molar-refractivity contribution in [1.82, 2.24) is 19.8 Å². The monoisotopic (exact) mass is 800 g/mol. The molecule has 1 amide bonds. The summed E-state index contributed by atoms with van der Waals surface area (Å²) in [6, 6.07) is 19.7. The van der Waals surface area contributed by atoms with Crippen LogP contribution in [0.2, 0.25) is 5.02 Å². The lowest BCUT2D eigenvalue weighted by Gasteiger charge is -2.28. The minimum Gasteiger partial charge on any atom is -0.444 e. The van der Waals surface area contributed by atoms with Crippen molar-refractivity contribution >= 4 is 68.5 Å². The SMILES string of the molecule is CC/C=C(\CCN(Cc1ccc(-c2ccccc2)c(Cl)c1)C(=O)OC(C)(C)C)NCCCNc1cc(C(=N)N=N)cc2c1cnn2PI. The summed E-state index contributed by atoms with van der Waals surface area (Å²) in [7, 11) is 0. The van der Waals surface area contributed by atoms with E-state index in [1.54, 1.807) is 4.90 Å². The Morgan fingerprint density at radius 2 is 1.94 bits per heavy atom. The van der Waals surface area contributed by atoms with Gasteiger partial charge in [0.05, 0.1) is 18.1 Å². The lowest BCUT2D eigenvalue weighted by Crippen LogP contribution is -2.37. The zero-order valence-corrected chi connectivity index (χ0v) is 31.7. The number of nitrogens with zero attached hydrogens (tertiary/aromatic N) is 4. The van der Waals surface area contributed by atoms with Crippen LogP contribution >= 0.6 is 40.0 Å². The highest BCUT2D eigenvalue weighted by atomic mass is 127. The molecule has 0 aliphatic rings. The third-order valence-corrected chi connectivity index (χ3v) is 9.62. The van der Waals surface area contributed by atoms with Crippen molar-refractivity contribution in [2.45, 2.75) is 59.1 Å². The van der Waals surface area contributed by atoms with Gasteiger partial charge in [-0.15, -0.1) is 5.11 Å². The van der Waals surface area contributed by atoms with Gasteiger partial charge in [-0.05, 0) is 85.0 Å². The summed E-state index contributed by atoms with van der Waals surface area (Å²) < 4.78 is 7.67. The number of anilines is 1. The molecule has 4 rings (SSSR count). The average Bonchev–Trinajstić information content (AvgIpc) is 3.48. The number of amides is 1. The molecule has 0 aliphatic heterocycles. The van der Waals surface area contributed by atoms with Crippen LogP contribution < -0.4 is 10.6 Å². The zero-order valence-electron chi connectivity index (χ0n) is 27.7. The fraction of sp³-hybridized carbons (Fsp3) is 0.343. The van der Waals surface area contributed by atoms with E-state index in [-0.39, 0.29) is 11.9 Å². The van der Waals surface area contributed by atoms with E-state index in [2.05, 4.69) is 55.9 Å². The number of carbonyl (C=O) groups is 1. The quantitative estimate of drug-likeness (QED) is 0.0237. The highest BCUT2D eigenvalue weighted by molar-refractivity contribution is 14.2. The van der Waals surface area contributed by atoms with E-state index in [4.69, 9.17) is 27.3 Å². The maximum absolute atomic E-state index is 13.3. The highest BCUT2D eigenvalue weighted by Crippen LogP contribution is 2.33. The topological polar surface area (TPSA) is 131 Å². The van der Waals surface area contributed by atoms with Gasteiger partial charge in [0.2, 0.25) is 0 Å². The predicted octanol–water partition coefficient (Wildman–Crippen LogP) is 10.0. The molecule has 0 fully saturated rings. The Hall–Kier alpha value is -3.54. The summed E-state index contributed by atoms with van der Waals surface area (Å²) in [5, 5.41) is 24.5. The number of benzene rings is 3. The van der Waals surface area contributed by atoms with Gasteiger partial charge in [-0.3, -0.25) is 5.41 Å². The largest absolute Gasteiger partial charge is 0.444 e. The average molecular weight is 801 g/mol. The van der Waals surface area contributed by atoms with Gasteiger partial charge in [0.15, 0.2) is 5.84 Å². The van der Waals surface area contributed by atoms with Crippen LogP contribution in [0.4, 0.5) is 10.5 Å². The second-order valence-electron chi connectivity index (χ2n) is 12.2. The van der Waals surface area contributed by atoms with Gasteiger partial charge in [0.1, 0.15) is 5.60 Å². The summed E-state index contributed by atoms with van der Waals surface area (Å²) in [4.78, 5) is 15.1. The van der Waals surface area contributed by atoms with Gasteiger partial charge in [-0.2, -0.15) is 5.10 Å². The lowest BCUT2D eigenvalue weighted by atomic mass is 10.0. The van der Waals surface area contributed by atoms with Crippen molar-refractivity contribution in [2.24, 2.45) is 5.11 Å². The molecule has 4 aromatic rings. The fourth-order valence-corrected chi connectivity index (χ4v) is 7.00. The van der Waals surface area contributed by atoms with Crippen LogP contribution in [-0.4, -0.2) is 51.6 Å². The van der Waals surface area contributed by atoms with Crippen molar-refractivity contribution in [3.63, 3.8) is 0 Å². The van der Waals surface area contributed by atoms with E-state index >= 15 is 0 Å². The molecule has 0 aliphatic carbocycles. The molecular weight excluding hydrogens is 758 g/mol. The van der Waals surface area contributed by atoms with Gasteiger partial charge in [0.25, 0.3) is 0 Å². The number of allylic oxidation sites excluding steroid dienone is 1. The number of carbonyl (C=O) groups excluding carboxylic acids is 1. The molecular formula is C35H43ClIN8O2P. The number of halogens is 2.